The molecule has 0 unspecified atom stereocenters. The van der Waals surface area contributed by atoms with Gasteiger partial charge in [0.1, 0.15) is 0 Å². The molecular formula is C21H31ClNO2. The van der Waals surface area contributed by atoms with E-state index < -0.39 is 0 Å². The predicted octanol–water partition coefficient (Wildman–Crippen LogP) is 4.97. The summed E-state index contributed by atoms with van der Waals surface area (Å²) in [5.41, 5.74) is 1.57. The van der Waals surface area contributed by atoms with Gasteiger partial charge in [-0.05, 0) is 49.3 Å². The molecule has 0 aliphatic heterocycles. The van der Waals surface area contributed by atoms with E-state index in [0.29, 0.717) is 23.6 Å². The number of hydrogen-bond donors (Lipinski definition) is 2. The molecule has 1 aliphatic rings. The number of aliphatic hydroxyl groups excluding tert-OH is 1. The second-order valence-corrected chi connectivity index (χ2v) is 6.75. The number of carbonyl (C=O) groups is 1. The van der Waals surface area contributed by atoms with Crippen LogP contribution in [0.4, 0.5) is 0 Å². The molecule has 0 bridgehead atoms. The van der Waals surface area contributed by atoms with Crippen LogP contribution in [0, 0.1) is 20.8 Å². The van der Waals surface area contributed by atoms with Gasteiger partial charge < -0.3 is 10.4 Å². The van der Waals surface area contributed by atoms with Gasteiger partial charge >= 0.3 is 0 Å². The highest BCUT2D eigenvalue weighted by Crippen LogP contribution is 2.24. The van der Waals surface area contributed by atoms with Crippen molar-refractivity contribution in [3.63, 3.8) is 0 Å². The van der Waals surface area contributed by atoms with Gasteiger partial charge in [-0.1, -0.05) is 64.6 Å². The number of hydrogen-bond acceptors (Lipinski definition) is 2. The van der Waals surface area contributed by atoms with Crippen molar-refractivity contribution in [3.05, 3.63) is 55.1 Å². The van der Waals surface area contributed by atoms with E-state index in [1.807, 2.05) is 12.1 Å². The normalized spacial score (nSPS) is 15.3. The summed E-state index contributed by atoms with van der Waals surface area (Å²) in [6.07, 6.45) is 10.1. The molecular weight excluding hydrogens is 334 g/mol. The Morgan fingerprint density at radius 1 is 1.08 bits per heavy atom. The fourth-order valence-electron chi connectivity index (χ4n) is 3.07. The topological polar surface area (TPSA) is 49.3 Å². The Kier molecular flexibility index (Phi) is 12.6. The molecule has 1 aromatic carbocycles. The minimum Gasteiger partial charge on any atom is -0.396 e. The van der Waals surface area contributed by atoms with Crippen LogP contribution in [-0.4, -0.2) is 24.2 Å². The first-order valence-corrected chi connectivity index (χ1v) is 9.09. The zero-order valence-corrected chi connectivity index (χ0v) is 15.9. The molecule has 2 N–H and O–H groups in total. The van der Waals surface area contributed by atoms with Crippen LogP contribution in [0.25, 0.3) is 0 Å². The molecule has 5 radical (unpaired) electrons. The molecule has 1 aromatic rings. The number of benzene rings is 1. The fraction of sp³-hybridized carbons (Fsp3) is 0.524. The second-order valence-electron chi connectivity index (χ2n) is 6.34. The van der Waals surface area contributed by atoms with Crippen molar-refractivity contribution >= 4 is 17.5 Å². The first-order chi connectivity index (χ1) is 11.2. The van der Waals surface area contributed by atoms with Crippen LogP contribution in [0.5, 0.6) is 0 Å². The minimum atomic E-state index is -0.101. The van der Waals surface area contributed by atoms with Crippen molar-refractivity contribution < 1.29 is 9.90 Å². The van der Waals surface area contributed by atoms with E-state index in [-0.39, 0.29) is 27.4 Å². The van der Waals surface area contributed by atoms with E-state index in [0.717, 1.165) is 24.8 Å². The van der Waals surface area contributed by atoms with Crippen molar-refractivity contribution in [2.75, 3.05) is 13.2 Å². The molecule has 0 heterocycles. The molecule has 1 fully saturated rings. The monoisotopic (exact) mass is 364 g/mol. The summed E-state index contributed by atoms with van der Waals surface area (Å²) < 4.78 is 0. The van der Waals surface area contributed by atoms with Gasteiger partial charge in [-0.15, -0.1) is 0 Å². The van der Waals surface area contributed by atoms with Gasteiger partial charge in [-0.2, -0.15) is 0 Å². The average Bonchev–Trinajstić information content (AvgIpc) is 2.52. The van der Waals surface area contributed by atoms with E-state index in [1.54, 1.807) is 6.07 Å². The molecule has 0 saturated heterocycles. The lowest BCUT2D eigenvalue weighted by Crippen LogP contribution is -2.29. The van der Waals surface area contributed by atoms with E-state index in [1.165, 1.54) is 38.0 Å². The third kappa shape index (κ3) is 8.24. The van der Waals surface area contributed by atoms with Crippen LogP contribution in [-0.2, 0) is 6.42 Å². The van der Waals surface area contributed by atoms with E-state index in [4.69, 9.17) is 16.7 Å². The van der Waals surface area contributed by atoms with Gasteiger partial charge in [0.2, 0.25) is 0 Å². The van der Waals surface area contributed by atoms with E-state index in [9.17, 15) is 4.79 Å². The van der Waals surface area contributed by atoms with E-state index >= 15 is 0 Å². The van der Waals surface area contributed by atoms with Crippen molar-refractivity contribution in [3.8, 4) is 0 Å². The highest BCUT2D eigenvalue weighted by Gasteiger charge is 2.15. The minimum absolute atomic E-state index is 0. The van der Waals surface area contributed by atoms with Gasteiger partial charge in [0.15, 0.2) is 0 Å². The smallest absolute Gasteiger partial charge is 0.252 e. The summed E-state index contributed by atoms with van der Waals surface area (Å²) in [4.78, 5) is 12.4. The summed E-state index contributed by atoms with van der Waals surface area (Å²) in [6, 6.07) is 5.53. The Hall–Kier alpha value is -1.06. The first-order valence-electron chi connectivity index (χ1n) is 8.72. The lowest BCUT2D eigenvalue weighted by Gasteiger charge is -2.19. The number of aryl methyl sites for hydroxylation is 1. The third-order valence-electron chi connectivity index (χ3n) is 4.46. The average molecular weight is 365 g/mol. The summed E-state index contributed by atoms with van der Waals surface area (Å²) in [7, 11) is 0. The zero-order valence-electron chi connectivity index (χ0n) is 15.2. The number of aliphatic hydroxyl groups is 1. The van der Waals surface area contributed by atoms with Gasteiger partial charge in [-0.25, -0.2) is 0 Å². The van der Waals surface area contributed by atoms with Crippen LogP contribution >= 0.6 is 11.6 Å². The molecule has 0 spiro atoms. The quantitative estimate of drug-likeness (QED) is 0.748. The maximum absolute atomic E-state index is 12.4. The fourth-order valence-corrected chi connectivity index (χ4v) is 3.27. The zero-order chi connectivity index (χ0) is 16.5. The molecule has 4 heteroatoms. The lowest BCUT2D eigenvalue weighted by atomic mass is 9.91. The van der Waals surface area contributed by atoms with Gasteiger partial charge in [0.25, 0.3) is 5.91 Å². The summed E-state index contributed by atoms with van der Waals surface area (Å²) in [5.74, 6) is 1.35. The van der Waals surface area contributed by atoms with Crippen LogP contribution in [0.2, 0.25) is 5.02 Å². The number of nitrogens with one attached hydrogen (secondary N) is 1. The maximum atomic E-state index is 12.4. The molecule has 0 atom stereocenters. The first kappa shape index (κ1) is 23.9. The molecule has 1 aliphatic carbocycles. The van der Waals surface area contributed by atoms with Crippen molar-refractivity contribution in [1.29, 1.82) is 0 Å². The predicted molar refractivity (Wildman–Crippen MR) is 105 cm³/mol. The number of carbonyl (C=O) groups excluding carboxylic acids is 1. The van der Waals surface area contributed by atoms with Gasteiger partial charge in [0, 0.05) is 13.2 Å². The number of rotatable bonds is 6. The van der Waals surface area contributed by atoms with Gasteiger partial charge in [0.05, 0.1) is 10.6 Å². The molecule has 1 saturated carbocycles. The molecule has 3 nitrogen and oxygen atoms in total. The third-order valence-corrected chi connectivity index (χ3v) is 4.79. The maximum Gasteiger partial charge on any atom is 0.252 e. The highest BCUT2D eigenvalue weighted by molar-refractivity contribution is 6.33. The van der Waals surface area contributed by atoms with Crippen molar-refractivity contribution in [2.24, 2.45) is 0 Å². The molecule has 139 valence electrons. The Morgan fingerprint density at radius 2 is 1.72 bits per heavy atom. The molecule has 25 heavy (non-hydrogen) atoms. The van der Waals surface area contributed by atoms with Crippen LogP contribution < -0.4 is 5.32 Å². The van der Waals surface area contributed by atoms with E-state index in [2.05, 4.69) is 5.32 Å². The Balaban J connectivity index is 0.00000288. The molecule has 0 aromatic heterocycles. The number of halogens is 1. The lowest BCUT2D eigenvalue weighted by molar-refractivity contribution is 0.0954. The highest BCUT2D eigenvalue weighted by atomic mass is 35.5. The Morgan fingerprint density at radius 3 is 2.36 bits per heavy atom. The van der Waals surface area contributed by atoms with Crippen LogP contribution in [0.3, 0.4) is 0 Å². The Labute approximate surface area is 159 Å². The Bertz CT molecular complexity index is 497. The number of amides is 1. The second kappa shape index (κ2) is 13.2. The molecule has 1 amide bonds. The van der Waals surface area contributed by atoms with Crippen LogP contribution in [0.15, 0.2) is 18.2 Å². The molecule has 2 rings (SSSR count). The van der Waals surface area contributed by atoms with Crippen molar-refractivity contribution in [2.45, 2.75) is 57.8 Å². The largest absolute Gasteiger partial charge is 0.396 e. The van der Waals surface area contributed by atoms with Gasteiger partial charge in [-0.3, -0.25) is 4.79 Å². The van der Waals surface area contributed by atoms with Crippen molar-refractivity contribution in [1.82, 2.24) is 5.32 Å². The van der Waals surface area contributed by atoms with Crippen LogP contribution in [0.1, 0.15) is 67.3 Å². The SMILES string of the molecule is O=C(NC[C]1CCCCCCC1)c1cc(CCCO)ccc1Cl.[CH2].[CH2]. The standard InChI is InChI=1S/C19H27ClNO2.2CH2/c20-18-11-10-15(9-6-12-22)13-17(18)19(23)21-14-16-7-4-2-1-3-5-8-16;;/h10-11,13,22H,1-9,12,14H2,(H,21,23);2*1H2. The summed E-state index contributed by atoms with van der Waals surface area (Å²) >= 11 is 6.18. The summed E-state index contributed by atoms with van der Waals surface area (Å²) in [5, 5.41) is 12.4. The summed E-state index contributed by atoms with van der Waals surface area (Å²) in [6.45, 7) is 0.818.